The van der Waals surface area contributed by atoms with Gasteiger partial charge < -0.3 is 5.73 Å². The molecule has 1 aliphatic rings. The molecule has 0 saturated heterocycles. The average molecular weight is 208 g/mol. The van der Waals surface area contributed by atoms with Crippen molar-refractivity contribution in [1.82, 2.24) is 15.2 Å². The van der Waals surface area contributed by atoms with Gasteiger partial charge in [-0.25, -0.2) is 4.98 Å². The van der Waals surface area contributed by atoms with Gasteiger partial charge in [-0.3, -0.25) is 5.10 Å². The highest BCUT2D eigenvalue weighted by Gasteiger charge is 2.22. The number of aromatic amines is 1. The van der Waals surface area contributed by atoms with Gasteiger partial charge in [-0.05, 0) is 32.1 Å². The molecule has 84 valence electrons. The monoisotopic (exact) mass is 208 g/mol. The summed E-state index contributed by atoms with van der Waals surface area (Å²) in [6.07, 6.45) is 6.63. The van der Waals surface area contributed by atoms with Crippen molar-refractivity contribution in [3.63, 3.8) is 0 Å². The number of nitrogens with two attached hydrogens (primary N) is 1. The number of hydrogen-bond donors (Lipinski definition) is 2. The Morgan fingerprint density at radius 2 is 2.07 bits per heavy atom. The number of aryl methyl sites for hydroxylation is 1. The molecule has 3 N–H and O–H groups in total. The van der Waals surface area contributed by atoms with Gasteiger partial charge in [-0.15, -0.1) is 0 Å². The second-order valence-corrected chi connectivity index (χ2v) is 4.50. The molecule has 2 rings (SSSR count). The first-order chi connectivity index (χ1) is 7.29. The van der Waals surface area contributed by atoms with Crippen LogP contribution in [-0.2, 0) is 6.42 Å². The van der Waals surface area contributed by atoms with E-state index in [0.29, 0.717) is 12.0 Å². The largest absolute Gasteiger partial charge is 0.328 e. The van der Waals surface area contributed by atoms with E-state index in [4.69, 9.17) is 5.73 Å². The first-order valence-corrected chi connectivity index (χ1v) is 5.96. The summed E-state index contributed by atoms with van der Waals surface area (Å²) in [5.74, 6) is 2.57. The maximum Gasteiger partial charge on any atom is 0.153 e. The van der Waals surface area contributed by atoms with Gasteiger partial charge in [0.1, 0.15) is 5.82 Å². The van der Waals surface area contributed by atoms with Crippen molar-refractivity contribution in [2.75, 3.05) is 0 Å². The molecule has 1 heterocycles. The van der Waals surface area contributed by atoms with Gasteiger partial charge in [0.15, 0.2) is 5.82 Å². The summed E-state index contributed by atoms with van der Waals surface area (Å²) in [5.41, 5.74) is 5.88. The normalized spacial score (nSPS) is 26.8. The summed E-state index contributed by atoms with van der Waals surface area (Å²) in [6.45, 7) is 2.15. The van der Waals surface area contributed by atoms with Crippen LogP contribution in [-0.4, -0.2) is 21.2 Å². The molecule has 0 spiro atoms. The predicted octanol–water partition coefficient (Wildman–Crippen LogP) is 1.74. The second kappa shape index (κ2) is 4.75. The zero-order valence-corrected chi connectivity index (χ0v) is 9.37. The minimum absolute atomic E-state index is 0.398. The topological polar surface area (TPSA) is 67.6 Å². The van der Waals surface area contributed by atoms with Gasteiger partial charge in [-0.2, -0.15) is 5.10 Å². The fraction of sp³-hybridized carbons (Fsp3) is 0.818. The lowest BCUT2D eigenvalue weighted by Gasteiger charge is -2.23. The van der Waals surface area contributed by atoms with E-state index in [1.165, 1.54) is 0 Å². The van der Waals surface area contributed by atoms with Crippen LogP contribution >= 0.6 is 0 Å². The highest BCUT2D eigenvalue weighted by atomic mass is 15.2. The van der Waals surface area contributed by atoms with Crippen molar-refractivity contribution in [2.45, 2.75) is 57.4 Å². The van der Waals surface area contributed by atoms with Gasteiger partial charge >= 0.3 is 0 Å². The molecule has 1 aromatic heterocycles. The van der Waals surface area contributed by atoms with Crippen molar-refractivity contribution < 1.29 is 0 Å². The molecule has 1 saturated carbocycles. The maximum atomic E-state index is 5.88. The summed E-state index contributed by atoms with van der Waals surface area (Å²) in [5, 5.41) is 7.33. The van der Waals surface area contributed by atoms with Gasteiger partial charge in [-0.1, -0.05) is 6.92 Å². The van der Waals surface area contributed by atoms with Gasteiger partial charge in [0.05, 0.1) is 0 Å². The SMILES string of the molecule is CCCc1nc(C2CCC(N)CC2)n[nH]1. The zero-order chi connectivity index (χ0) is 10.7. The molecular weight excluding hydrogens is 188 g/mol. The van der Waals surface area contributed by atoms with Crippen molar-refractivity contribution in [2.24, 2.45) is 5.73 Å². The molecule has 1 aliphatic carbocycles. The van der Waals surface area contributed by atoms with Crippen LogP contribution in [0.5, 0.6) is 0 Å². The van der Waals surface area contributed by atoms with E-state index < -0.39 is 0 Å². The third-order valence-corrected chi connectivity index (χ3v) is 3.17. The van der Waals surface area contributed by atoms with E-state index in [2.05, 4.69) is 22.1 Å². The van der Waals surface area contributed by atoms with Crippen molar-refractivity contribution in [3.05, 3.63) is 11.6 Å². The minimum Gasteiger partial charge on any atom is -0.328 e. The molecule has 0 bridgehead atoms. The Balaban J connectivity index is 1.96. The van der Waals surface area contributed by atoms with Gasteiger partial charge in [0.25, 0.3) is 0 Å². The minimum atomic E-state index is 0.398. The van der Waals surface area contributed by atoms with E-state index in [0.717, 1.165) is 50.2 Å². The highest BCUT2D eigenvalue weighted by Crippen LogP contribution is 2.29. The van der Waals surface area contributed by atoms with Gasteiger partial charge in [0, 0.05) is 18.4 Å². The van der Waals surface area contributed by atoms with Crippen molar-refractivity contribution >= 4 is 0 Å². The molecule has 4 heteroatoms. The quantitative estimate of drug-likeness (QED) is 0.795. The molecule has 15 heavy (non-hydrogen) atoms. The van der Waals surface area contributed by atoms with Crippen LogP contribution in [0, 0.1) is 0 Å². The van der Waals surface area contributed by atoms with Crippen molar-refractivity contribution in [1.29, 1.82) is 0 Å². The molecule has 0 radical (unpaired) electrons. The Morgan fingerprint density at radius 3 is 2.73 bits per heavy atom. The first kappa shape index (κ1) is 10.6. The van der Waals surface area contributed by atoms with E-state index in [1.54, 1.807) is 0 Å². The lowest BCUT2D eigenvalue weighted by Crippen LogP contribution is -2.26. The summed E-state index contributed by atoms with van der Waals surface area (Å²) >= 11 is 0. The smallest absolute Gasteiger partial charge is 0.153 e. The molecule has 4 nitrogen and oxygen atoms in total. The highest BCUT2D eigenvalue weighted by molar-refractivity contribution is 5.00. The standard InChI is InChI=1S/C11H20N4/c1-2-3-10-13-11(15-14-10)8-4-6-9(12)7-5-8/h8-9H,2-7,12H2,1H3,(H,13,14,15). The number of H-pyrrole nitrogens is 1. The molecular formula is C11H20N4. The number of hydrogen-bond acceptors (Lipinski definition) is 3. The number of aromatic nitrogens is 3. The fourth-order valence-corrected chi connectivity index (χ4v) is 2.22. The van der Waals surface area contributed by atoms with Crippen LogP contribution in [0.4, 0.5) is 0 Å². The molecule has 0 unspecified atom stereocenters. The van der Waals surface area contributed by atoms with Crippen molar-refractivity contribution in [3.8, 4) is 0 Å². The molecule has 1 fully saturated rings. The Labute approximate surface area is 90.7 Å². The first-order valence-electron chi connectivity index (χ1n) is 5.96. The number of nitrogens with zero attached hydrogens (tertiary/aromatic N) is 2. The lowest BCUT2D eigenvalue weighted by molar-refractivity contribution is 0.385. The van der Waals surface area contributed by atoms with E-state index in [1.807, 2.05) is 0 Å². The van der Waals surface area contributed by atoms with Crippen LogP contribution in [0.3, 0.4) is 0 Å². The van der Waals surface area contributed by atoms with Crippen LogP contribution in [0.15, 0.2) is 0 Å². The van der Waals surface area contributed by atoms with E-state index in [9.17, 15) is 0 Å². The Morgan fingerprint density at radius 1 is 1.33 bits per heavy atom. The third kappa shape index (κ3) is 2.56. The summed E-state index contributed by atoms with van der Waals surface area (Å²) < 4.78 is 0. The maximum absolute atomic E-state index is 5.88. The molecule has 0 amide bonds. The molecule has 1 aromatic rings. The summed E-state index contributed by atoms with van der Waals surface area (Å²) in [7, 11) is 0. The van der Waals surface area contributed by atoms with Crippen LogP contribution in [0.1, 0.15) is 56.6 Å². The van der Waals surface area contributed by atoms with Gasteiger partial charge in [0.2, 0.25) is 0 Å². The number of rotatable bonds is 3. The third-order valence-electron chi connectivity index (χ3n) is 3.17. The number of nitrogens with one attached hydrogen (secondary N) is 1. The Bertz CT molecular complexity index is 299. The van der Waals surface area contributed by atoms with Crippen LogP contribution < -0.4 is 5.73 Å². The van der Waals surface area contributed by atoms with E-state index >= 15 is 0 Å². The molecule has 0 aromatic carbocycles. The van der Waals surface area contributed by atoms with Crippen LogP contribution in [0.25, 0.3) is 0 Å². The predicted molar refractivity (Wildman–Crippen MR) is 59.6 cm³/mol. The van der Waals surface area contributed by atoms with E-state index in [-0.39, 0.29) is 0 Å². The van der Waals surface area contributed by atoms with Crippen LogP contribution in [0.2, 0.25) is 0 Å². The molecule has 0 atom stereocenters. The Kier molecular flexibility index (Phi) is 3.36. The fourth-order valence-electron chi connectivity index (χ4n) is 2.22. The summed E-state index contributed by atoms with van der Waals surface area (Å²) in [4.78, 5) is 4.54. The lowest BCUT2D eigenvalue weighted by atomic mass is 9.86. The molecule has 0 aliphatic heterocycles. The summed E-state index contributed by atoms with van der Waals surface area (Å²) in [6, 6.07) is 0.398. The zero-order valence-electron chi connectivity index (χ0n) is 9.37. The average Bonchev–Trinajstić information content (AvgIpc) is 2.68. The Hall–Kier alpha value is -0.900. The second-order valence-electron chi connectivity index (χ2n) is 4.50.